The number of rotatable bonds is 7. The average Bonchev–Trinajstić information content (AvgIpc) is 3.79. The van der Waals surface area contributed by atoms with E-state index < -0.39 is 11.4 Å². The number of pyridine rings is 2. The van der Waals surface area contributed by atoms with E-state index in [0.717, 1.165) is 40.7 Å². The number of carbonyl (C=O) groups excluding carboxylic acids is 1. The van der Waals surface area contributed by atoms with Gasteiger partial charge in [-0.15, -0.1) is 0 Å². The maximum Gasteiger partial charge on any atom is 0.310 e. The zero-order valence-electron chi connectivity index (χ0n) is 19.1. The molecule has 174 valence electrons. The number of carbonyl (C=O) groups is 2. The molecule has 7 heteroatoms. The molecule has 0 unspecified atom stereocenters. The third-order valence-corrected chi connectivity index (χ3v) is 8.45. The molecule has 3 heterocycles. The second-order valence-corrected chi connectivity index (χ2v) is 10.3. The van der Waals surface area contributed by atoms with E-state index in [0.29, 0.717) is 24.9 Å². The van der Waals surface area contributed by atoms with Crippen LogP contribution in [-0.2, 0) is 11.3 Å². The number of amides is 1. The van der Waals surface area contributed by atoms with Gasteiger partial charge in [0.1, 0.15) is 0 Å². The first kappa shape index (κ1) is 20.4. The Hall–Kier alpha value is -4.00. The maximum absolute atomic E-state index is 13.5. The van der Waals surface area contributed by atoms with Gasteiger partial charge in [-0.25, -0.2) is 0 Å². The Labute approximate surface area is 201 Å². The molecule has 1 amide bonds. The number of nitrogens with one attached hydrogen (secondary N) is 1. The van der Waals surface area contributed by atoms with Gasteiger partial charge in [-0.2, -0.15) is 0 Å². The van der Waals surface area contributed by atoms with Gasteiger partial charge in [-0.3, -0.25) is 19.6 Å². The largest absolute Gasteiger partial charge is 0.481 e. The van der Waals surface area contributed by atoms with E-state index in [4.69, 9.17) is 0 Å². The van der Waals surface area contributed by atoms with E-state index in [1.54, 1.807) is 6.20 Å². The zero-order chi connectivity index (χ0) is 23.8. The van der Waals surface area contributed by atoms with Crippen LogP contribution in [0.25, 0.3) is 22.2 Å². The van der Waals surface area contributed by atoms with Crippen molar-refractivity contribution in [1.82, 2.24) is 19.9 Å². The van der Waals surface area contributed by atoms with E-state index in [2.05, 4.69) is 19.9 Å². The molecule has 2 N–H and O–H groups in total. The van der Waals surface area contributed by atoms with Crippen LogP contribution in [0.5, 0.6) is 0 Å². The Kier molecular flexibility index (Phi) is 3.95. The first-order chi connectivity index (χ1) is 17.0. The number of hydrogen-bond acceptors (Lipinski definition) is 4. The number of benzene rings is 1. The summed E-state index contributed by atoms with van der Waals surface area (Å²) >= 11 is 0. The van der Waals surface area contributed by atoms with Crippen LogP contribution in [-0.4, -0.2) is 37.1 Å². The molecule has 3 saturated carbocycles. The average molecular weight is 465 g/mol. The van der Waals surface area contributed by atoms with E-state index >= 15 is 0 Å². The molecule has 3 aliphatic carbocycles. The Balaban J connectivity index is 1.15. The molecule has 35 heavy (non-hydrogen) atoms. The molecule has 3 fully saturated rings. The monoisotopic (exact) mass is 464 g/mol. The maximum atomic E-state index is 13.5. The SMILES string of the molecule is O=C(NC1(C23CC2(C(=O)O)C3)CC1)c1cccc2ccn(Cc3ccc(-c4ccccn4)cn3)c12. The van der Waals surface area contributed by atoms with Crippen LogP contribution in [0.3, 0.4) is 0 Å². The molecule has 0 saturated heterocycles. The van der Waals surface area contributed by atoms with Crippen molar-refractivity contribution in [1.29, 1.82) is 0 Å². The summed E-state index contributed by atoms with van der Waals surface area (Å²) in [6, 6.07) is 17.6. The van der Waals surface area contributed by atoms with Crippen LogP contribution in [0.15, 0.2) is 73.2 Å². The summed E-state index contributed by atoms with van der Waals surface area (Å²) in [4.78, 5) is 34.2. The lowest BCUT2D eigenvalue weighted by molar-refractivity contribution is -0.141. The van der Waals surface area contributed by atoms with Crippen molar-refractivity contribution in [3.8, 4) is 11.3 Å². The van der Waals surface area contributed by atoms with E-state index in [1.165, 1.54) is 0 Å². The molecule has 0 spiro atoms. The number of nitrogens with zero attached hydrogens (tertiary/aromatic N) is 3. The Morgan fingerprint density at radius 1 is 1.00 bits per heavy atom. The predicted molar refractivity (Wildman–Crippen MR) is 130 cm³/mol. The molecule has 0 atom stereocenters. The minimum absolute atomic E-state index is 0.126. The van der Waals surface area contributed by atoms with Crippen LogP contribution in [0.2, 0.25) is 0 Å². The fraction of sp³-hybridized carbons (Fsp3) is 0.286. The smallest absolute Gasteiger partial charge is 0.310 e. The normalized spacial score (nSPS) is 25.0. The molecule has 0 radical (unpaired) electrons. The van der Waals surface area contributed by atoms with Gasteiger partial charge >= 0.3 is 5.97 Å². The van der Waals surface area contributed by atoms with Crippen LogP contribution in [0.4, 0.5) is 0 Å². The van der Waals surface area contributed by atoms with Gasteiger partial charge in [0.15, 0.2) is 0 Å². The van der Waals surface area contributed by atoms with Crippen LogP contribution in [0, 0.1) is 10.8 Å². The fourth-order valence-corrected chi connectivity index (χ4v) is 6.13. The second-order valence-electron chi connectivity index (χ2n) is 10.3. The first-order valence-electron chi connectivity index (χ1n) is 12.0. The molecule has 0 aliphatic heterocycles. The molecule has 3 aromatic heterocycles. The summed E-state index contributed by atoms with van der Waals surface area (Å²) in [5.41, 5.74) is 3.03. The minimum Gasteiger partial charge on any atom is -0.481 e. The van der Waals surface area contributed by atoms with Crippen molar-refractivity contribution in [2.24, 2.45) is 10.8 Å². The number of carboxylic acid groups (broad SMARTS) is 1. The molecule has 4 aromatic rings. The van der Waals surface area contributed by atoms with Gasteiger partial charge in [0.05, 0.1) is 34.4 Å². The summed E-state index contributed by atoms with van der Waals surface area (Å²) in [5.74, 6) is -0.838. The highest BCUT2D eigenvalue weighted by Gasteiger charge is 2.95. The minimum atomic E-state index is -0.712. The van der Waals surface area contributed by atoms with Gasteiger partial charge in [0, 0.05) is 40.5 Å². The molecular weight excluding hydrogens is 440 g/mol. The third-order valence-electron chi connectivity index (χ3n) is 8.45. The first-order valence-corrected chi connectivity index (χ1v) is 12.0. The number of fused-ring (bicyclic) bond motifs is 2. The number of para-hydroxylation sites is 1. The zero-order valence-corrected chi connectivity index (χ0v) is 19.1. The molecular formula is C28H24N4O3. The van der Waals surface area contributed by atoms with Gasteiger partial charge in [-0.1, -0.05) is 18.2 Å². The number of aliphatic carboxylic acids is 1. The standard InChI is InChI=1S/C28H24N4O3/c33-24(31-28(10-11-28)27-16-26(27,17-27)25(34)35)21-5-3-4-18-9-13-32(23(18)21)15-20-8-7-19(14-30-20)22-6-1-2-12-29-22/h1-9,12-14H,10-11,15-17H2,(H,31,33)(H,34,35). The summed E-state index contributed by atoms with van der Waals surface area (Å²) < 4.78 is 2.06. The Bertz CT molecular complexity index is 1500. The van der Waals surface area contributed by atoms with Crippen molar-refractivity contribution in [3.05, 3.63) is 84.4 Å². The van der Waals surface area contributed by atoms with Crippen molar-refractivity contribution in [3.63, 3.8) is 0 Å². The molecule has 3 aliphatic rings. The van der Waals surface area contributed by atoms with Gasteiger partial charge in [0.2, 0.25) is 0 Å². The number of hydrogen-bond donors (Lipinski definition) is 2. The number of aromatic nitrogens is 3. The predicted octanol–water partition coefficient (Wildman–Crippen LogP) is 4.27. The van der Waals surface area contributed by atoms with E-state index in [9.17, 15) is 14.7 Å². The number of carboxylic acids is 1. The van der Waals surface area contributed by atoms with Crippen LogP contribution in [0.1, 0.15) is 41.7 Å². The van der Waals surface area contributed by atoms with E-state index in [1.807, 2.05) is 67.0 Å². The lowest BCUT2D eigenvalue weighted by Crippen LogP contribution is -2.41. The van der Waals surface area contributed by atoms with Crippen molar-refractivity contribution >= 4 is 22.8 Å². The summed E-state index contributed by atoms with van der Waals surface area (Å²) in [5, 5.41) is 13.9. The van der Waals surface area contributed by atoms with Crippen LogP contribution < -0.4 is 5.32 Å². The van der Waals surface area contributed by atoms with Crippen LogP contribution >= 0.6 is 0 Å². The fourth-order valence-electron chi connectivity index (χ4n) is 6.13. The highest BCUT2D eigenvalue weighted by Crippen LogP contribution is 2.93. The van der Waals surface area contributed by atoms with Crippen molar-refractivity contribution < 1.29 is 14.7 Å². The lowest BCUT2D eigenvalue weighted by Gasteiger charge is -2.21. The lowest BCUT2D eigenvalue weighted by atomic mass is 10.0. The van der Waals surface area contributed by atoms with Gasteiger partial charge in [0.25, 0.3) is 5.91 Å². The summed E-state index contributed by atoms with van der Waals surface area (Å²) in [6.07, 6.45) is 8.67. The van der Waals surface area contributed by atoms with Gasteiger partial charge < -0.3 is 15.0 Å². The Morgan fingerprint density at radius 3 is 2.51 bits per heavy atom. The summed E-state index contributed by atoms with van der Waals surface area (Å²) in [7, 11) is 0. The van der Waals surface area contributed by atoms with E-state index in [-0.39, 0.29) is 16.9 Å². The highest BCUT2D eigenvalue weighted by atomic mass is 16.4. The molecule has 7 nitrogen and oxygen atoms in total. The Morgan fingerprint density at radius 2 is 1.86 bits per heavy atom. The molecule has 7 rings (SSSR count). The van der Waals surface area contributed by atoms with Crippen molar-refractivity contribution in [2.45, 2.75) is 37.8 Å². The molecule has 1 aromatic carbocycles. The third kappa shape index (κ3) is 2.84. The summed E-state index contributed by atoms with van der Waals surface area (Å²) in [6.45, 7) is 0.535. The highest BCUT2D eigenvalue weighted by molar-refractivity contribution is 6.06. The quantitative estimate of drug-likeness (QED) is 0.426. The topological polar surface area (TPSA) is 97.1 Å². The second kappa shape index (κ2) is 6.78. The van der Waals surface area contributed by atoms with Crippen molar-refractivity contribution in [2.75, 3.05) is 0 Å². The van der Waals surface area contributed by atoms with Gasteiger partial charge in [-0.05, 0) is 62.1 Å². The molecule has 0 bridgehead atoms.